The van der Waals surface area contributed by atoms with Gasteiger partial charge in [0.2, 0.25) is 0 Å². The zero-order valence-corrected chi connectivity index (χ0v) is 12.0. The molecule has 0 aliphatic carbocycles. The van der Waals surface area contributed by atoms with Crippen molar-refractivity contribution in [1.82, 2.24) is 9.88 Å². The highest BCUT2D eigenvalue weighted by molar-refractivity contribution is 5.99. The Morgan fingerprint density at radius 1 is 1.42 bits per heavy atom. The topological polar surface area (TPSA) is 45.2 Å². The SMILES string of the molecule is CCNc1cnccc1C(=O)N1[C@H](C)CCC[C@@H]1C. The summed E-state index contributed by atoms with van der Waals surface area (Å²) in [5, 5.41) is 3.22. The van der Waals surface area contributed by atoms with E-state index in [1.165, 1.54) is 6.42 Å². The van der Waals surface area contributed by atoms with Crippen LogP contribution in [0.3, 0.4) is 0 Å². The third-order valence-electron chi connectivity index (χ3n) is 3.85. The van der Waals surface area contributed by atoms with Gasteiger partial charge in [0.25, 0.3) is 5.91 Å². The quantitative estimate of drug-likeness (QED) is 0.910. The van der Waals surface area contributed by atoms with E-state index in [1.54, 1.807) is 12.4 Å². The number of likely N-dealkylation sites (tertiary alicyclic amines) is 1. The number of nitrogens with one attached hydrogen (secondary N) is 1. The lowest BCUT2D eigenvalue weighted by atomic mass is 9.96. The van der Waals surface area contributed by atoms with Crippen molar-refractivity contribution in [1.29, 1.82) is 0 Å². The molecule has 0 radical (unpaired) electrons. The molecule has 1 N–H and O–H groups in total. The van der Waals surface area contributed by atoms with E-state index in [4.69, 9.17) is 0 Å². The molecule has 0 spiro atoms. The molecule has 1 aromatic rings. The first kappa shape index (κ1) is 13.8. The number of hydrogen-bond donors (Lipinski definition) is 1. The molecule has 0 bridgehead atoms. The number of anilines is 1. The molecule has 2 rings (SSSR count). The summed E-state index contributed by atoms with van der Waals surface area (Å²) >= 11 is 0. The molecule has 1 saturated heterocycles. The molecule has 1 aromatic heterocycles. The van der Waals surface area contributed by atoms with Gasteiger partial charge in [0.15, 0.2) is 0 Å². The molecule has 1 aliphatic heterocycles. The second-order valence-corrected chi connectivity index (χ2v) is 5.29. The minimum Gasteiger partial charge on any atom is -0.383 e. The molecule has 4 nitrogen and oxygen atoms in total. The van der Waals surface area contributed by atoms with Crippen LogP contribution in [0.2, 0.25) is 0 Å². The van der Waals surface area contributed by atoms with Gasteiger partial charge in [-0.15, -0.1) is 0 Å². The van der Waals surface area contributed by atoms with E-state index < -0.39 is 0 Å². The Morgan fingerprint density at radius 3 is 2.74 bits per heavy atom. The maximum Gasteiger partial charge on any atom is 0.256 e. The second kappa shape index (κ2) is 6.04. The summed E-state index contributed by atoms with van der Waals surface area (Å²) in [5.74, 6) is 0.123. The number of rotatable bonds is 3. The number of carbonyl (C=O) groups is 1. The molecule has 4 heteroatoms. The summed E-state index contributed by atoms with van der Waals surface area (Å²) in [4.78, 5) is 18.9. The highest BCUT2D eigenvalue weighted by Gasteiger charge is 2.30. The number of nitrogens with zero attached hydrogens (tertiary/aromatic N) is 2. The summed E-state index contributed by atoms with van der Waals surface area (Å²) in [7, 11) is 0. The number of carbonyl (C=O) groups excluding carboxylic acids is 1. The molecule has 0 unspecified atom stereocenters. The Balaban J connectivity index is 2.27. The van der Waals surface area contributed by atoms with Gasteiger partial charge in [0.1, 0.15) is 0 Å². The van der Waals surface area contributed by atoms with Crippen LogP contribution in [0.25, 0.3) is 0 Å². The van der Waals surface area contributed by atoms with E-state index in [0.717, 1.165) is 30.6 Å². The van der Waals surface area contributed by atoms with Crippen LogP contribution in [-0.4, -0.2) is 34.4 Å². The first-order valence-electron chi connectivity index (χ1n) is 7.15. The smallest absolute Gasteiger partial charge is 0.256 e. The van der Waals surface area contributed by atoms with Gasteiger partial charge in [0.05, 0.1) is 17.4 Å². The van der Waals surface area contributed by atoms with Crippen LogP contribution in [0.1, 0.15) is 50.4 Å². The van der Waals surface area contributed by atoms with Gasteiger partial charge < -0.3 is 10.2 Å². The molecule has 1 fully saturated rings. The molecule has 0 aromatic carbocycles. The Bertz CT molecular complexity index is 437. The zero-order valence-electron chi connectivity index (χ0n) is 12.0. The average Bonchev–Trinajstić information content (AvgIpc) is 2.39. The lowest BCUT2D eigenvalue weighted by Crippen LogP contribution is -2.47. The van der Waals surface area contributed by atoms with Crippen LogP contribution in [-0.2, 0) is 0 Å². The molecule has 2 heterocycles. The van der Waals surface area contributed by atoms with Crippen molar-refractivity contribution in [3.63, 3.8) is 0 Å². The number of aromatic nitrogens is 1. The minimum absolute atomic E-state index is 0.123. The fourth-order valence-corrected chi connectivity index (χ4v) is 2.87. The van der Waals surface area contributed by atoms with E-state index in [0.29, 0.717) is 12.1 Å². The molecule has 0 saturated carbocycles. The van der Waals surface area contributed by atoms with Gasteiger partial charge in [-0.1, -0.05) is 0 Å². The fourth-order valence-electron chi connectivity index (χ4n) is 2.87. The molecule has 19 heavy (non-hydrogen) atoms. The first-order chi connectivity index (χ1) is 9.15. The van der Waals surface area contributed by atoms with Gasteiger partial charge in [-0.25, -0.2) is 0 Å². The third-order valence-corrected chi connectivity index (χ3v) is 3.85. The van der Waals surface area contributed by atoms with Gasteiger partial charge in [0, 0.05) is 24.8 Å². The van der Waals surface area contributed by atoms with Crippen LogP contribution in [0, 0.1) is 0 Å². The second-order valence-electron chi connectivity index (χ2n) is 5.29. The Kier molecular flexibility index (Phi) is 4.40. The highest BCUT2D eigenvalue weighted by Crippen LogP contribution is 2.26. The third kappa shape index (κ3) is 2.88. The monoisotopic (exact) mass is 261 g/mol. The van der Waals surface area contributed by atoms with Crippen molar-refractivity contribution >= 4 is 11.6 Å². The fraction of sp³-hybridized carbons (Fsp3) is 0.600. The van der Waals surface area contributed by atoms with E-state index in [-0.39, 0.29) is 5.91 Å². The average molecular weight is 261 g/mol. The minimum atomic E-state index is 0.123. The molecular formula is C15H23N3O. The molecule has 1 aliphatic rings. The summed E-state index contributed by atoms with van der Waals surface area (Å²) in [6.07, 6.45) is 6.82. The van der Waals surface area contributed by atoms with Gasteiger partial charge in [-0.2, -0.15) is 0 Å². The largest absolute Gasteiger partial charge is 0.383 e. The van der Waals surface area contributed by atoms with Crippen molar-refractivity contribution in [2.45, 2.75) is 52.1 Å². The number of piperidine rings is 1. The summed E-state index contributed by atoms with van der Waals surface area (Å²) < 4.78 is 0. The van der Waals surface area contributed by atoms with Crippen molar-refractivity contribution in [3.05, 3.63) is 24.0 Å². The number of pyridine rings is 1. The number of amides is 1. The van der Waals surface area contributed by atoms with Crippen LogP contribution >= 0.6 is 0 Å². The van der Waals surface area contributed by atoms with E-state index >= 15 is 0 Å². The van der Waals surface area contributed by atoms with Gasteiger partial charge >= 0.3 is 0 Å². The molecular weight excluding hydrogens is 238 g/mol. The van der Waals surface area contributed by atoms with Gasteiger partial charge in [-0.3, -0.25) is 9.78 Å². The molecule has 104 valence electrons. The van der Waals surface area contributed by atoms with Crippen molar-refractivity contribution in [2.75, 3.05) is 11.9 Å². The Labute approximate surface area is 115 Å². The van der Waals surface area contributed by atoms with Crippen LogP contribution in [0.15, 0.2) is 18.5 Å². The lowest BCUT2D eigenvalue weighted by molar-refractivity contribution is 0.0511. The zero-order chi connectivity index (χ0) is 13.8. The van der Waals surface area contributed by atoms with Crippen LogP contribution in [0.4, 0.5) is 5.69 Å². The van der Waals surface area contributed by atoms with E-state index in [2.05, 4.69) is 24.1 Å². The maximum atomic E-state index is 12.8. The van der Waals surface area contributed by atoms with Crippen molar-refractivity contribution in [3.8, 4) is 0 Å². The summed E-state index contributed by atoms with van der Waals surface area (Å²) in [6, 6.07) is 2.45. The normalized spacial score (nSPS) is 23.2. The standard InChI is InChI=1S/C15H23N3O/c1-4-17-14-10-16-9-8-13(14)15(19)18-11(2)6-5-7-12(18)3/h8-12,17H,4-7H2,1-3H3/t11-,12+. The number of hydrogen-bond acceptors (Lipinski definition) is 3. The Hall–Kier alpha value is -1.58. The predicted octanol–water partition coefficient (Wildman–Crippen LogP) is 2.92. The van der Waals surface area contributed by atoms with Crippen LogP contribution in [0.5, 0.6) is 0 Å². The molecule has 2 atom stereocenters. The predicted molar refractivity (Wildman–Crippen MR) is 77.3 cm³/mol. The van der Waals surface area contributed by atoms with Gasteiger partial charge in [-0.05, 0) is 46.1 Å². The maximum absolute atomic E-state index is 12.8. The first-order valence-corrected chi connectivity index (χ1v) is 7.15. The van der Waals surface area contributed by atoms with Crippen molar-refractivity contribution < 1.29 is 4.79 Å². The van der Waals surface area contributed by atoms with Crippen molar-refractivity contribution in [2.24, 2.45) is 0 Å². The Morgan fingerprint density at radius 2 is 2.11 bits per heavy atom. The van der Waals surface area contributed by atoms with E-state index in [9.17, 15) is 4.79 Å². The highest BCUT2D eigenvalue weighted by atomic mass is 16.2. The van der Waals surface area contributed by atoms with E-state index in [1.807, 2.05) is 17.9 Å². The summed E-state index contributed by atoms with van der Waals surface area (Å²) in [5.41, 5.74) is 1.57. The lowest BCUT2D eigenvalue weighted by Gasteiger charge is -2.39. The van der Waals surface area contributed by atoms with Crippen LogP contribution < -0.4 is 5.32 Å². The molecule has 1 amide bonds. The summed E-state index contributed by atoms with van der Waals surface area (Å²) in [6.45, 7) is 7.09.